The molecular weight excluding hydrogens is 1580 g/mol. The fourth-order valence-electron chi connectivity index (χ4n) is 16.5. The first-order valence-electron chi connectivity index (χ1n) is 48.1. The number of aldehydes is 2. The van der Waals surface area contributed by atoms with E-state index in [4.69, 9.17) is 52.1 Å². The molecule has 0 amide bonds. The molecule has 2 aliphatic rings. The molecule has 0 bridgehead atoms. The van der Waals surface area contributed by atoms with Crippen LogP contribution in [0, 0.1) is 11.8 Å². The minimum Gasteiger partial charge on any atom is -0.494 e. The molecule has 20 nitrogen and oxygen atoms in total. The predicted molar refractivity (Wildman–Crippen MR) is 490 cm³/mol. The average Bonchev–Trinajstić information content (AvgIpc) is 0.802. The second-order valence-corrected chi connectivity index (χ2v) is 34.6. The van der Waals surface area contributed by atoms with E-state index in [9.17, 15) is 43.5 Å². The number of carbonyl (C=O) groups excluding carboxylic acids is 7. The van der Waals surface area contributed by atoms with Crippen molar-refractivity contribution in [3.05, 3.63) is 155 Å². The Labute approximate surface area is 747 Å². The number of carboxylic acid groups (broad SMARTS) is 1. The van der Waals surface area contributed by atoms with E-state index in [2.05, 4.69) is 44.7 Å². The van der Waals surface area contributed by atoms with Gasteiger partial charge < -0.3 is 66.8 Å². The van der Waals surface area contributed by atoms with Crippen molar-refractivity contribution in [2.75, 3.05) is 59.5 Å². The standard InChI is InChI=1S/C105H150O20/c1-5-7-27-39-82-42-46-84(47-43-82)86-50-62-93(63-51-86)124-104(113)88-54-58-91(59-55-88)115-66-30-18-9-11-21-33-69-118-96(79-106)77-99(108)120-71-35-23-14-13-20-32-68-117-95-75-90(41-29-17-26-38-74-123-103(112)81(3)4)101(98(76-95)102(110)111)122-73-37-25-16-15-24-36-72-121-100(109)78-97(80-107)119-70-34-22-12-10-19-31-67-116-92-60-56-89(57-61-92)105(114)125-94-64-52-87(53-65-94)85-48-44-83(45-49-85)40-28-8-6-2/h50-65,75-76,79-80,82-85,96-97H,3,5-49,66-74,77-78H2,1-2,4H3,(H,110,111). The fraction of sp³-hybridized carbons (Fsp3) is 0.619. The lowest BCUT2D eigenvalue weighted by Gasteiger charge is -2.29. The molecule has 0 aromatic heterocycles. The normalized spacial score (nSPS) is 15.5. The van der Waals surface area contributed by atoms with Crippen molar-refractivity contribution in [2.24, 2.45) is 11.8 Å². The highest BCUT2D eigenvalue weighted by molar-refractivity contribution is 5.93. The van der Waals surface area contributed by atoms with E-state index >= 15 is 0 Å². The highest BCUT2D eigenvalue weighted by atomic mass is 16.6. The van der Waals surface area contributed by atoms with Crippen LogP contribution in [0.1, 0.15) is 376 Å². The zero-order valence-corrected chi connectivity index (χ0v) is 76.0. The van der Waals surface area contributed by atoms with Gasteiger partial charge in [-0.05, 0) is 254 Å². The lowest BCUT2D eigenvalue weighted by Crippen LogP contribution is -2.21. The Morgan fingerprint density at radius 3 is 1.08 bits per heavy atom. The minimum absolute atomic E-state index is 0.0528. The number of rotatable bonds is 71. The maximum absolute atomic E-state index is 12.9. The number of ether oxygens (including phenoxy) is 11. The van der Waals surface area contributed by atoms with Gasteiger partial charge in [-0.2, -0.15) is 0 Å². The molecule has 125 heavy (non-hydrogen) atoms. The van der Waals surface area contributed by atoms with Crippen LogP contribution in [0.5, 0.6) is 34.5 Å². The van der Waals surface area contributed by atoms with E-state index in [1.165, 1.54) is 114 Å². The number of carboxylic acids is 1. The summed E-state index contributed by atoms with van der Waals surface area (Å²) in [6.07, 6.45) is 45.4. The monoisotopic (exact) mass is 1730 g/mol. The molecule has 2 aliphatic carbocycles. The van der Waals surface area contributed by atoms with Crippen molar-refractivity contribution < 1.29 is 95.6 Å². The third kappa shape index (κ3) is 43.9. The first-order chi connectivity index (χ1) is 61.1. The Morgan fingerprint density at radius 1 is 0.376 bits per heavy atom. The van der Waals surface area contributed by atoms with Gasteiger partial charge in [0.05, 0.1) is 70.2 Å². The van der Waals surface area contributed by atoms with Crippen molar-refractivity contribution in [1.82, 2.24) is 0 Å². The van der Waals surface area contributed by atoms with Crippen LogP contribution in [-0.2, 0) is 54.1 Å². The first kappa shape index (κ1) is 103. The summed E-state index contributed by atoms with van der Waals surface area (Å²) in [5.74, 6) is 3.04. The summed E-state index contributed by atoms with van der Waals surface area (Å²) in [6.45, 7) is 13.3. The van der Waals surface area contributed by atoms with Crippen LogP contribution in [0.3, 0.4) is 0 Å². The van der Waals surface area contributed by atoms with E-state index in [0.717, 1.165) is 178 Å². The Morgan fingerprint density at radius 2 is 0.712 bits per heavy atom. The molecule has 0 heterocycles. The van der Waals surface area contributed by atoms with Crippen LogP contribution in [0.15, 0.2) is 121 Å². The topological polar surface area (TPSA) is 258 Å². The lowest BCUT2D eigenvalue weighted by molar-refractivity contribution is -0.149. The lowest BCUT2D eigenvalue weighted by atomic mass is 9.77. The molecule has 2 saturated carbocycles. The molecule has 690 valence electrons. The van der Waals surface area contributed by atoms with Crippen LogP contribution >= 0.6 is 0 Å². The SMILES string of the molecule is C=C(C)C(=O)OCCCCCCc1cc(OCCCCCCCCOC(=O)CC(C=O)OCCCCCCCCOc2ccc(C(=O)Oc3ccc(C4CCC(CCCCC)CC4)cc3)cc2)cc(C(=O)O)c1OCCCCCCCCOC(=O)CC(C=O)OCCCCCCCCOc1ccc(C(=O)Oc2ccc(C3CCC(CCCCC)CC3)cc2)cc1. The molecular formula is C105H150O20. The number of unbranched alkanes of at least 4 members (excludes halogenated alkanes) is 27. The Balaban J connectivity index is 0.655. The maximum atomic E-state index is 12.9. The van der Waals surface area contributed by atoms with Gasteiger partial charge in [-0.1, -0.05) is 212 Å². The second kappa shape index (κ2) is 63.9. The number of aryl methyl sites for hydroxylation is 1. The molecule has 2 fully saturated rings. The highest BCUT2D eigenvalue weighted by Gasteiger charge is 2.26. The van der Waals surface area contributed by atoms with E-state index in [1.54, 1.807) is 61.5 Å². The molecule has 0 aliphatic heterocycles. The molecule has 0 saturated heterocycles. The number of benzene rings is 5. The van der Waals surface area contributed by atoms with Crippen molar-refractivity contribution in [3.63, 3.8) is 0 Å². The molecule has 2 atom stereocenters. The summed E-state index contributed by atoms with van der Waals surface area (Å²) in [4.78, 5) is 99.2. The highest BCUT2D eigenvalue weighted by Crippen LogP contribution is 2.41. The van der Waals surface area contributed by atoms with Crippen molar-refractivity contribution in [2.45, 2.75) is 347 Å². The number of hydrogen-bond donors (Lipinski definition) is 1. The summed E-state index contributed by atoms with van der Waals surface area (Å²) < 4.78 is 63.3. The third-order valence-corrected chi connectivity index (χ3v) is 24.2. The third-order valence-electron chi connectivity index (χ3n) is 24.2. The minimum atomic E-state index is -1.10. The maximum Gasteiger partial charge on any atom is 0.343 e. The summed E-state index contributed by atoms with van der Waals surface area (Å²) >= 11 is 0. The summed E-state index contributed by atoms with van der Waals surface area (Å²) in [5, 5.41) is 10.4. The van der Waals surface area contributed by atoms with E-state index in [1.807, 2.05) is 30.3 Å². The molecule has 5 aromatic carbocycles. The van der Waals surface area contributed by atoms with Gasteiger partial charge >= 0.3 is 35.8 Å². The first-order valence-corrected chi connectivity index (χ1v) is 48.1. The largest absolute Gasteiger partial charge is 0.494 e. The van der Waals surface area contributed by atoms with Crippen LogP contribution in [0.2, 0.25) is 0 Å². The zero-order valence-electron chi connectivity index (χ0n) is 76.0. The van der Waals surface area contributed by atoms with Gasteiger partial charge in [-0.25, -0.2) is 19.2 Å². The molecule has 5 aromatic rings. The van der Waals surface area contributed by atoms with Crippen LogP contribution in [0.4, 0.5) is 0 Å². The van der Waals surface area contributed by atoms with Gasteiger partial charge in [-0.15, -0.1) is 0 Å². The Kier molecular flexibility index (Phi) is 52.8. The van der Waals surface area contributed by atoms with Gasteiger partial charge in [0.25, 0.3) is 0 Å². The smallest absolute Gasteiger partial charge is 0.343 e. The van der Waals surface area contributed by atoms with Gasteiger partial charge in [0.2, 0.25) is 0 Å². The molecule has 0 radical (unpaired) electrons. The number of carbonyl (C=O) groups is 8. The Bertz CT molecular complexity index is 3820. The van der Waals surface area contributed by atoms with E-state index in [-0.39, 0.29) is 31.6 Å². The fourth-order valence-corrected chi connectivity index (χ4v) is 16.5. The average molecular weight is 1730 g/mol. The van der Waals surface area contributed by atoms with Gasteiger partial charge in [0.1, 0.15) is 64.8 Å². The van der Waals surface area contributed by atoms with Gasteiger partial charge in [-0.3, -0.25) is 9.59 Å². The molecule has 1 N–H and O–H groups in total. The molecule has 0 spiro atoms. The van der Waals surface area contributed by atoms with E-state index in [0.29, 0.717) is 148 Å². The van der Waals surface area contributed by atoms with Crippen molar-refractivity contribution >= 4 is 48.4 Å². The number of hydrogen-bond acceptors (Lipinski definition) is 19. The van der Waals surface area contributed by atoms with Crippen LogP contribution < -0.4 is 28.4 Å². The van der Waals surface area contributed by atoms with Crippen LogP contribution in [-0.4, -0.2) is 125 Å². The molecule has 20 heteroatoms. The van der Waals surface area contributed by atoms with Crippen molar-refractivity contribution in [3.8, 4) is 34.5 Å². The van der Waals surface area contributed by atoms with Crippen molar-refractivity contribution in [1.29, 1.82) is 0 Å². The quantitative estimate of drug-likeness (QED) is 0.00947. The Hall–Kier alpha value is -8.88. The molecule has 2 unspecified atom stereocenters. The molecule has 7 rings (SSSR count). The summed E-state index contributed by atoms with van der Waals surface area (Å²) in [5.41, 5.74) is 4.79. The van der Waals surface area contributed by atoms with Gasteiger partial charge in [0.15, 0.2) is 0 Å². The zero-order chi connectivity index (χ0) is 89.0. The number of esters is 5. The van der Waals surface area contributed by atoms with Gasteiger partial charge in [0, 0.05) is 18.8 Å². The van der Waals surface area contributed by atoms with E-state index < -0.39 is 48.0 Å². The second-order valence-electron chi connectivity index (χ2n) is 34.6. The predicted octanol–water partition coefficient (Wildman–Crippen LogP) is 25.1. The van der Waals surface area contributed by atoms with Crippen LogP contribution in [0.25, 0.3) is 0 Å². The summed E-state index contributed by atoms with van der Waals surface area (Å²) in [7, 11) is 0. The number of aromatic carboxylic acids is 1. The summed E-state index contributed by atoms with van der Waals surface area (Å²) in [6, 6.07) is 33.7.